The molecule has 0 aliphatic carbocycles. The largest absolute Gasteiger partial charge is 1.00 e. The summed E-state index contributed by atoms with van der Waals surface area (Å²) < 4.78 is 0. The van der Waals surface area contributed by atoms with E-state index < -0.39 is 12.0 Å². The van der Waals surface area contributed by atoms with Gasteiger partial charge in [0.25, 0.3) is 0 Å². The molecule has 4 nitrogen and oxygen atoms in total. The predicted octanol–water partition coefficient (Wildman–Crippen LogP) is -2.01. The number of aliphatic imine (C=N–C) groups is 1. The summed E-state index contributed by atoms with van der Waals surface area (Å²) in [5.41, 5.74) is 0.745. The summed E-state index contributed by atoms with van der Waals surface area (Å²) >= 11 is 0. The molecular weight excluding hydrogens is 233 g/mol. The molecule has 80 valence electrons. The molecule has 0 saturated carbocycles. The second kappa shape index (κ2) is 7.97. The van der Waals surface area contributed by atoms with Gasteiger partial charge in [-0.2, -0.15) is 0 Å². The monoisotopic (exact) mass is 245 g/mol. The van der Waals surface area contributed by atoms with Crippen LogP contribution < -0.4 is 56.5 Å². The van der Waals surface area contributed by atoms with E-state index in [4.69, 9.17) is 5.11 Å². The Morgan fingerprint density at radius 1 is 1.44 bits per heavy atom. The predicted molar refractivity (Wildman–Crippen MR) is 54.5 cm³/mol. The van der Waals surface area contributed by atoms with Crippen molar-refractivity contribution in [2.24, 2.45) is 4.99 Å². The fraction of sp³-hybridized carbons (Fsp3) is 0.273. The van der Waals surface area contributed by atoms with Gasteiger partial charge < -0.3 is 10.2 Å². The van der Waals surface area contributed by atoms with Gasteiger partial charge in [0.05, 0.1) is 12.5 Å². The van der Waals surface area contributed by atoms with Gasteiger partial charge in [-0.1, -0.05) is 30.3 Å². The topological polar surface area (TPSA) is 72.7 Å². The standard InChI is InChI=1S/C11H13NO3.K/c1-8(13)12-10(7-11(14)15)9-5-3-2-4-6-9;/h2-6,10H,7H2,1H3,(H,12,13)(H,14,15);/q;+1/p-1/t10-;/m1./s1. The van der Waals surface area contributed by atoms with Crippen LogP contribution in [0.15, 0.2) is 35.3 Å². The molecule has 5 heteroatoms. The molecule has 0 radical (unpaired) electrons. The molecule has 0 fully saturated rings. The number of hydrogen-bond donors (Lipinski definition) is 1. The molecule has 0 saturated heterocycles. The second-order valence-corrected chi connectivity index (χ2v) is 3.17. The molecule has 1 aromatic carbocycles. The molecule has 1 N–H and O–H groups in total. The van der Waals surface area contributed by atoms with Crippen LogP contribution in [0.2, 0.25) is 0 Å². The van der Waals surface area contributed by atoms with Crippen molar-refractivity contribution in [2.75, 3.05) is 0 Å². The first-order chi connectivity index (χ1) is 7.09. The van der Waals surface area contributed by atoms with Crippen LogP contribution in [-0.2, 0) is 4.79 Å². The third-order valence-electron chi connectivity index (χ3n) is 1.89. The van der Waals surface area contributed by atoms with Gasteiger partial charge >= 0.3 is 57.4 Å². The molecule has 16 heavy (non-hydrogen) atoms. The van der Waals surface area contributed by atoms with E-state index in [-0.39, 0.29) is 63.7 Å². The Morgan fingerprint density at radius 3 is 2.44 bits per heavy atom. The van der Waals surface area contributed by atoms with E-state index in [0.717, 1.165) is 5.56 Å². The van der Waals surface area contributed by atoms with E-state index in [1.54, 1.807) is 24.3 Å². The first kappa shape index (κ1) is 15.8. The summed E-state index contributed by atoms with van der Waals surface area (Å²) in [6.45, 7) is 1.32. The van der Waals surface area contributed by atoms with E-state index in [0.29, 0.717) is 0 Å². The van der Waals surface area contributed by atoms with Crippen LogP contribution in [0.4, 0.5) is 0 Å². The van der Waals surface area contributed by atoms with Crippen molar-refractivity contribution < 1.29 is 66.4 Å². The summed E-state index contributed by atoms with van der Waals surface area (Å²) in [6, 6.07) is 8.36. The van der Waals surface area contributed by atoms with E-state index in [1.165, 1.54) is 6.92 Å². The molecular formula is C11H12KNO3. The molecule has 0 bridgehead atoms. The Labute approximate surface area is 137 Å². The van der Waals surface area contributed by atoms with Gasteiger partial charge in [-0.3, -0.25) is 9.79 Å². The summed E-state index contributed by atoms with van der Waals surface area (Å²) in [5, 5.41) is 19.5. The number of carboxylic acid groups (broad SMARTS) is 1. The van der Waals surface area contributed by atoms with E-state index in [1.807, 2.05) is 6.07 Å². The van der Waals surface area contributed by atoms with Crippen LogP contribution in [0.1, 0.15) is 24.9 Å². The maximum absolute atomic E-state index is 10.8. The van der Waals surface area contributed by atoms with Gasteiger partial charge in [-0.05, 0) is 18.4 Å². The Hall–Kier alpha value is -0.204. The van der Waals surface area contributed by atoms with Gasteiger partial charge in [0.15, 0.2) is 0 Å². The van der Waals surface area contributed by atoms with Crippen LogP contribution in [0.25, 0.3) is 0 Å². The number of carboxylic acids is 1. The third-order valence-corrected chi connectivity index (χ3v) is 1.89. The Morgan fingerprint density at radius 2 is 2.00 bits per heavy atom. The van der Waals surface area contributed by atoms with Crippen LogP contribution in [0, 0.1) is 0 Å². The van der Waals surface area contributed by atoms with Gasteiger partial charge in [-0.25, -0.2) is 0 Å². The molecule has 0 amide bonds. The molecule has 0 aliphatic rings. The van der Waals surface area contributed by atoms with Crippen molar-refractivity contribution in [1.82, 2.24) is 0 Å². The summed E-state index contributed by atoms with van der Waals surface area (Å²) in [4.78, 5) is 14.4. The number of benzene rings is 1. The van der Waals surface area contributed by atoms with Crippen LogP contribution >= 0.6 is 0 Å². The number of aliphatic carboxylic acids is 1. The zero-order valence-electron chi connectivity index (χ0n) is 9.38. The maximum Gasteiger partial charge on any atom is 1.00 e. The minimum atomic E-state index is -0.964. The quantitative estimate of drug-likeness (QED) is 0.378. The maximum atomic E-state index is 10.8. The van der Waals surface area contributed by atoms with Crippen LogP contribution in [-0.4, -0.2) is 17.0 Å². The van der Waals surface area contributed by atoms with Gasteiger partial charge in [0.1, 0.15) is 0 Å². The number of hydrogen-bond acceptors (Lipinski definition) is 3. The number of rotatable bonds is 4. The Balaban J connectivity index is 0.00000225. The minimum Gasteiger partial charge on any atom is -0.862 e. The van der Waals surface area contributed by atoms with Crippen molar-refractivity contribution in [3.8, 4) is 0 Å². The Kier molecular flexibility index (Phi) is 7.87. The SMILES string of the molecule is CC([O-])=N[C@H](CC(=O)O)c1ccccc1.[K+]. The average Bonchev–Trinajstić information content (AvgIpc) is 2.17. The normalized spacial score (nSPS) is 12.7. The van der Waals surface area contributed by atoms with E-state index in [9.17, 15) is 9.90 Å². The fourth-order valence-corrected chi connectivity index (χ4v) is 1.30. The average molecular weight is 245 g/mol. The Bertz CT molecular complexity index is 361. The van der Waals surface area contributed by atoms with Crippen molar-refractivity contribution in [2.45, 2.75) is 19.4 Å². The van der Waals surface area contributed by atoms with Gasteiger partial charge in [0, 0.05) is 0 Å². The molecule has 1 rings (SSSR count). The fourth-order valence-electron chi connectivity index (χ4n) is 1.30. The van der Waals surface area contributed by atoms with Crippen molar-refractivity contribution >= 4 is 11.9 Å². The molecule has 0 spiro atoms. The van der Waals surface area contributed by atoms with E-state index >= 15 is 0 Å². The second-order valence-electron chi connectivity index (χ2n) is 3.17. The molecule has 0 aliphatic heterocycles. The van der Waals surface area contributed by atoms with Crippen LogP contribution in [0.3, 0.4) is 0 Å². The van der Waals surface area contributed by atoms with E-state index in [2.05, 4.69) is 4.99 Å². The number of carbonyl (C=O) groups is 1. The first-order valence-corrected chi connectivity index (χ1v) is 4.57. The zero-order valence-corrected chi connectivity index (χ0v) is 12.5. The number of nitrogens with zero attached hydrogens (tertiary/aromatic N) is 1. The van der Waals surface area contributed by atoms with Crippen molar-refractivity contribution in [3.63, 3.8) is 0 Å². The van der Waals surface area contributed by atoms with Crippen LogP contribution in [0.5, 0.6) is 0 Å². The smallest absolute Gasteiger partial charge is 0.862 e. The summed E-state index contributed by atoms with van der Waals surface area (Å²) in [6.07, 6.45) is -0.163. The molecule has 0 unspecified atom stereocenters. The zero-order chi connectivity index (χ0) is 11.3. The minimum absolute atomic E-state index is 0. The molecule has 1 atom stereocenters. The summed E-state index contributed by atoms with van der Waals surface area (Å²) in [5.74, 6) is -1.32. The first-order valence-electron chi connectivity index (χ1n) is 4.57. The van der Waals surface area contributed by atoms with Crippen molar-refractivity contribution in [1.29, 1.82) is 0 Å². The van der Waals surface area contributed by atoms with Gasteiger partial charge in [0.2, 0.25) is 0 Å². The van der Waals surface area contributed by atoms with Gasteiger partial charge in [-0.15, -0.1) is 0 Å². The summed E-state index contributed by atoms with van der Waals surface area (Å²) in [7, 11) is 0. The van der Waals surface area contributed by atoms with Crippen molar-refractivity contribution in [3.05, 3.63) is 35.9 Å². The third kappa shape index (κ3) is 5.76. The molecule has 0 aromatic heterocycles. The molecule has 0 heterocycles. The molecule has 1 aromatic rings.